The minimum absolute atomic E-state index is 0.231. The van der Waals surface area contributed by atoms with Crippen LogP contribution in [-0.4, -0.2) is 27.5 Å². The monoisotopic (exact) mass is 456 g/mol. The van der Waals surface area contributed by atoms with E-state index in [0.717, 1.165) is 25.7 Å². The highest BCUT2D eigenvalue weighted by Crippen LogP contribution is 2.36. The first-order valence-corrected chi connectivity index (χ1v) is 14.7. The lowest BCUT2D eigenvalue weighted by atomic mass is 10.1. The number of hydrogen-bond acceptors (Lipinski definition) is 3. The molecule has 0 aliphatic heterocycles. The van der Waals surface area contributed by atoms with Crippen molar-refractivity contribution < 1.29 is 14.0 Å². The van der Waals surface area contributed by atoms with Gasteiger partial charge in [0.1, 0.15) is 6.61 Å². The third-order valence-electron chi connectivity index (χ3n) is 6.07. The summed E-state index contributed by atoms with van der Waals surface area (Å²) in [5, 5.41) is 0.231. The summed E-state index contributed by atoms with van der Waals surface area (Å²) in [5.74, 6) is -0.266. The van der Waals surface area contributed by atoms with E-state index in [-0.39, 0.29) is 11.0 Å². The normalized spacial score (nSPS) is 13.1. The molecule has 0 fully saturated rings. The standard InChI is InChI=1S/C28H44O3Si/c1-23(2)14-12-16-25(22-30-27(29)26-18-10-9-11-19-26)17-13-15-24(3)20-21-31-32(7,8)28(4,5)6/h9-11,14,17-20H,12-13,15-16,21-22H2,1-8H3/b24-20+,25-17+. The van der Waals surface area contributed by atoms with Crippen LogP contribution < -0.4 is 0 Å². The lowest BCUT2D eigenvalue weighted by Crippen LogP contribution is -2.40. The smallest absolute Gasteiger partial charge is 0.338 e. The summed E-state index contributed by atoms with van der Waals surface area (Å²) < 4.78 is 11.8. The van der Waals surface area contributed by atoms with Crippen LogP contribution in [0.15, 0.2) is 65.3 Å². The molecule has 0 aliphatic rings. The van der Waals surface area contributed by atoms with Crippen molar-refractivity contribution >= 4 is 14.3 Å². The van der Waals surface area contributed by atoms with Gasteiger partial charge in [0.25, 0.3) is 0 Å². The van der Waals surface area contributed by atoms with E-state index >= 15 is 0 Å². The molecule has 0 aliphatic carbocycles. The Balaban J connectivity index is 2.63. The van der Waals surface area contributed by atoms with Crippen molar-refractivity contribution in [1.82, 2.24) is 0 Å². The van der Waals surface area contributed by atoms with Crippen LogP contribution in [0.3, 0.4) is 0 Å². The van der Waals surface area contributed by atoms with Crippen LogP contribution in [-0.2, 0) is 9.16 Å². The molecule has 0 saturated carbocycles. The van der Waals surface area contributed by atoms with Crippen molar-refractivity contribution in [3.05, 3.63) is 70.8 Å². The number of rotatable bonds is 12. The van der Waals surface area contributed by atoms with Crippen LogP contribution in [0.2, 0.25) is 18.1 Å². The van der Waals surface area contributed by atoms with Gasteiger partial charge in [-0.3, -0.25) is 0 Å². The predicted molar refractivity (Wildman–Crippen MR) is 140 cm³/mol. The zero-order chi connectivity index (χ0) is 24.2. The average Bonchev–Trinajstić information content (AvgIpc) is 2.70. The summed E-state index contributed by atoms with van der Waals surface area (Å²) in [4.78, 5) is 12.3. The molecule has 178 valence electrons. The summed E-state index contributed by atoms with van der Waals surface area (Å²) in [6.45, 7) is 18.8. The summed E-state index contributed by atoms with van der Waals surface area (Å²) in [6.07, 6.45) is 10.5. The van der Waals surface area contributed by atoms with Crippen molar-refractivity contribution in [1.29, 1.82) is 0 Å². The first kappa shape index (κ1) is 28.1. The van der Waals surface area contributed by atoms with Crippen LogP contribution in [0, 0.1) is 0 Å². The highest BCUT2D eigenvalue weighted by Gasteiger charge is 2.36. The molecule has 0 saturated heterocycles. The van der Waals surface area contributed by atoms with Crippen molar-refractivity contribution in [3.63, 3.8) is 0 Å². The van der Waals surface area contributed by atoms with E-state index in [4.69, 9.17) is 9.16 Å². The molecule has 1 aromatic rings. The number of hydrogen-bond donors (Lipinski definition) is 0. The molecule has 0 amide bonds. The van der Waals surface area contributed by atoms with Gasteiger partial charge in [-0.2, -0.15) is 0 Å². The largest absolute Gasteiger partial charge is 0.458 e. The Hall–Kier alpha value is -1.91. The van der Waals surface area contributed by atoms with Crippen molar-refractivity contribution in [3.8, 4) is 0 Å². The Morgan fingerprint density at radius 1 is 0.938 bits per heavy atom. The highest BCUT2D eigenvalue weighted by atomic mass is 28.4. The molecule has 0 spiro atoms. The third kappa shape index (κ3) is 11.1. The van der Waals surface area contributed by atoms with Crippen LogP contribution in [0.1, 0.15) is 77.6 Å². The van der Waals surface area contributed by atoms with Gasteiger partial charge in [-0.15, -0.1) is 0 Å². The fourth-order valence-corrected chi connectivity index (χ4v) is 3.74. The molecular formula is C28H44O3Si. The van der Waals surface area contributed by atoms with Gasteiger partial charge in [0, 0.05) is 0 Å². The molecule has 4 heteroatoms. The van der Waals surface area contributed by atoms with Gasteiger partial charge in [0.2, 0.25) is 0 Å². The van der Waals surface area contributed by atoms with E-state index in [1.165, 1.54) is 16.7 Å². The maximum Gasteiger partial charge on any atom is 0.338 e. The van der Waals surface area contributed by atoms with E-state index in [9.17, 15) is 4.79 Å². The lowest BCUT2D eigenvalue weighted by molar-refractivity contribution is 0.0537. The van der Waals surface area contributed by atoms with E-state index in [1.54, 1.807) is 12.1 Å². The highest BCUT2D eigenvalue weighted by molar-refractivity contribution is 6.74. The minimum atomic E-state index is -1.71. The molecule has 0 heterocycles. The Bertz CT molecular complexity index is 792. The number of benzene rings is 1. The first-order valence-electron chi connectivity index (χ1n) is 11.8. The van der Waals surface area contributed by atoms with Gasteiger partial charge in [-0.25, -0.2) is 4.79 Å². The Morgan fingerprint density at radius 2 is 1.56 bits per heavy atom. The molecule has 0 N–H and O–H groups in total. The van der Waals surface area contributed by atoms with Crippen molar-refractivity contribution in [2.24, 2.45) is 0 Å². The molecular weight excluding hydrogens is 412 g/mol. The molecule has 32 heavy (non-hydrogen) atoms. The predicted octanol–water partition coefficient (Wildman–Crippen LogP) is 8.26. The molecule has 1 aromatic carbocycles. The average molecular weight is 457 g/mol. The number of allylic oxidation sites excluding steroid dienone is 4. The van der Waals surface area contributed by atoms with Crippen molar-refractivity contribution in [2.45, 2.75) is 85.4 Å². The van der Waals surface area contributed by atoms with E-state index in [2.05, 4.69) is 72.9 Å². The van der Waals surface area contributed by atoms with E-state index < -0.39 is 8.32 Å². The summed E-state index contributed by atoms with van der Waals surface area (Å²) >= 11 is 0. The molecule has 0 radical (unpaired) electrons. The van der Waals surface area contributed by atoms with Crippen LogP contribution in [0.25, 0.3) is 0 Å². The number of ether oxygens (including phenoxy) is 1. The van der Waals surface area contributed by atoms with Gasteiger partial charge >= 0.3 is 5.97 Å². The van der Waals surface area contributed by atoms with E-state index in [0.29, 0.717) is 18.8 Å². The molecule has 0 bridgehead atoms. The zero-order valence-electron chi connectivity index (χ0n) is 21.6. The SMILES string of the molecule is CC(C)=CCC/C(=C\CC/C(C)=C/CO[Si](C)(C)C(C)(C)C)COC(=O)c1ccccc1. The van der Waals surface area contributed by atoms with Crippen LogP contribution in [0.5, 0.6) is 0 Å². The van der Waals surface area contributed by atoms with Gasteiger partial charge < -0.3 is 9.16 Å². The van der Waals surface area contributed by atoms with Gasteiger partial charge in [-0.05, 0) is 82.3 Å². The maximum atomic E-state index is 12.3. The maximum absolute atomic E-state index is 12.3. The Labute approximate surface area is 197 Å². The first-order chi connectivity index (χ1) is 14.9. The third-order valence-corrected chi connectivity index (χ3v) is 10.6. The Morgan fingerprint density at radius 3 is 2.16 bits per heavy atom. The zero-order valence-corrected chi connectivity index (χ0v) is 22.6. The van der Waals surface area contributed by atoms with Crippen LogP contribution >= 0.6 is 0 Å². The lowest BCUT2D eigenvalue weighted by Gasteiger charge is -2.35. The fraction of sp³-hybridized carbons (Fsp3) is 0.536. The topological polar surface area (TPSA) is 35.5 Å². The second-order valence-electron chi connectivity index (χ2n) is 10.3. The minimum Gasteiger partial charge on any atom is -0.458 e. The molecule has 0 aromatic heterocycles. The Kier molecular flexibility index (Phi) is 11.9. The summed E-state index contributed by atoms with van der Waals surface area (Å²) in [7, 11) is -1.71. The second kappa shape index (κ2) is 13.6. The number of carbonyl (C=O) groups excluding carboxylic acids is 1. The molecule has 3 nitrogen and oxygen atoms in total. The van der Waals surface area contributed by atoms with Gasteiger partial charge in [0.15, 0.2) is 8.32 Å². The van der Waals surface area contributed by atoms with E-state index in [1.807, 2.05) is 18.2 Å². The summed E-state index contributed by atoms with van der Waals surface area (Å²) in [5.41, 5.74) is 4.42. The van der Waals surface area contributed by atoms with Gasteiger partial charge in [-0.1, -0.05) is 68.3 Å². The van der Waals surface area contributed by atoms with Crippen molar-refractivity contribution in [2.75, 3.05) is 13.2 Å². The molecule has 0 atom stereocenters. The number of esters is 1. The number of carbonyl (C=O) groups is 1. The van der Waals surface area contributed by atoms with Gasteiger partial charge in [0.05, 0.1) is 12.2 Å². The molecule has 0 unspecified atom stereocenters. The summed E-state index contributed by atoms with van der Waals surface area (Å²) in [6, 6.07) is 9.18. The second-order valence-corrected chi connectivity index (χ2v) is 15.1. The fourth-order valence-electron chi connectivity index (χ4n) is 2.81. The quantitative estimate of drug-likeness (QED) is 0.180. The molecule has 1 rings (SSSR count). The van der Waals surface area contributed by atoms with Crippen LogP contribution in [0.4, 0.5) is 0 Å².